The van der Waals surface area contributed by atoms with Gasteiger partial charge in [-0.05, 0) is 30.2 Å². The maximum atomic E-state index is 11.5. The Balaban J connectivity index is 1.62. The van der Waals surface area contributed by atoms with E-state index in [2.05, 4.69) is 28.1 Å². The van der Waals surface area contributed by atoms with Gasteiger partial charge >= 0.3 is 0 Å². The van der Waals surface area contributed by atoms with E-state index in [1.54, 1.807) is 7.11 Å². The van der Waals surface area contributed by atoms with Crippen molar-refractivity contribution >= 4 is 21.5 Å². The summed E-state index contributed by atoms with van der Waals surface area (Å²) in [5.74, 6) is 1.87. The summed E-state index contributed by atoms with van der Waals surface area (Å²) in [6.45, 7) is 6.96. The third-order valence-corrected chi connectivity index (χ3v) is 6.06. The van der Waals surface area contributed by atoms with E-state index in [1.165, 1.54) is 6.26 Å². The minimum atomic E-state index is -3.02. The van der Waals surface area contributed by atoms with Crippen molar-refractivity contribution in [2.45, 2.75) is 19.2 Å². The molecule has 1 aliphatic heterocycles. The molecule has 1 saturated heterocycles. The van der Waals surface area contributed by atoms with E-state index >= 15 is 0 Å². The van der Waals surface area contributed by atoms with Crippen LogP contribution in [-0.2, 0) is 22.1 Å². The Morgan fingerprint density at radius 1 is 1.03 bits per heavy atom. The maximum Gasteiger partial charge on any atom is 0.194 e. The number of para-hydroxylation sites is 2. The van der Waals surface area contributed by atoms with Crippen molar-refractivity contribution < 1.29 is 13.2 Å². The number of hydrogen-bond acceptors (Lipinski definition) is 5. The van der Waals surface area contributed by atoms with E-state index < -0.39 is 9.84 Å². The topological polar surface area (TPSA) is 74.2 Å². The fourth-order valence-corrected chi connectivity index (χ4v) is 4.48. The smallest absolute Gasteiger partial charge is 0.194 e. The summed E-state index contributed by atoms with van der Waals surface area (Å²) in [5.41, 5.74) is 2.98. The molecule has 0 spiro atoms. The van der Waals surface area contributed by atoms with Crippen LogP contribution in [0.2, 0.25) is 0 Å². The number of aliphatic imine (C=N–C) groups is 1. The van der Waals surface area contributed by atoms with Gasteiger partial charge in [0.1, 0.15) is 5.75 Å². The van der Waals surface area contributed by atoms with Crippen molar-refractivity contribution in [1.82, 2.24) is 10.2 Å². The van der Waals surface area contributed by atoms with Crippen molar-refractivity contribution in [3.8, 4) is 5.75 Å². The zero-order valence-electron chi connectivity index (χ0n) is 18.5. The number of ether oxygens (including phenoxy) is 1. The van der Waals surface area contributed by atoms with Crippen LogP contribution in [0.1, 0.15) is 18.1 Å². The van der Waals surface area contributed by atoms with Crippen LogP contribution in [0, 0.1) is 0 Å². The van der Waals surface area contributed by atoms with E-state index in [0.29, 0.717) is 6.54 Å². The standard InChI is InChI=1S/C23H32N4O3S/c1-4-24-23(25-17-19-9-11-20(12-10-19)18-31(3,28)29)27-15-13-26(14-16-27)21-7-5-6-8-22(21)30-2/h5-12H,4,13-18H2,1-3H3,(H,24,25). The fourth-order valence-electron chi connectivity index (χ4n) is 3.69. The molecule has 0 aliphatic carbocycles. The summed E-state index contributed by atoms with van der Waals surface area (Å²) in [5, 5.41) is 3.40. The molecule has 2 aromatic rings. The Hall–Kier alpha value is -2.74. The first-order chi connectivity index (χ1) is 14.9. The normalized spacial score (nSPS) is 15.1. The second-order valence-corrected chi connectivity index (χ2v) is 9.84. The van der Waals surface area contributed by atoms with Crippen LogP contribution in [0.25, 0.3) is 0 Å². The minimum absolute atomic E-state index is 0.0651. The van der Waals surface area contributed by atoms with E-state index in [1.807, 2.05) is 42.5 Å². The molecule has 0 unspecified atom stereocenters. The lowest BCUT2D eigenvalue weighted by Crippen LogP contribution is -2.52. The summed E-state index contributed by atoms with van der Waals surface area (Å²) in [7, 11) is -1.32. The van der Waals surface area contributed by atoms with Gasteiger partial charge in [-0.15, -0.1) is 0 Å². The number of hydrogen-bond donors (Lipinski definition) is 1. The van der Waals surface area contributed by atoms with Gasteiger partial charge in [-0.25, -0.2) is 13.4 Å². The monoisotopic (exact) mass is 444 g/mol. The number of piperazine rings is 1. The van der Waals surface area contributed by atoms with Crippen LogP contribution in [0.3, 0.4) is 0 Å². The van der Waals surface area contributed by atoms with Crippen LogP contribution in [0.4, 0.5) is 5.69 Å². The highest BCUT2D eigenvalue weighted by molar-refractivity contribution is 7.89. The van der Waals surface area contributed by atoms with Crippen LogP contribution in [0.15, 0.2) is 53.5 Å². The number of sulfone groups is 1. The molecule has 0 saturated carbocycles. The highest BCUT2D eigenvalue weighted by atomic mass is 32.2. The van der Waals surface area contributed by atoms with Gasteiger partial charge < -0.3 is 19.9 Å². The first kappa shape index (κ1) is 22.9. The van der Waals surface area contributed by atoms with Crippen LogP contribution in [-0.4, -0.2) is 65.4 Å². The number of nitrogens with one attached hydrogen (secondary N) is 1. The average Bonchev–Trinajstić information content (AvgIpc) is 2.77. The molecule has 0 radical (unpaired) electrons. The zero-order valence-corrected chi connectivity index (χ0v) is 19.4. The molecule has 0 aromatic heterocycles. The fraction of sp³-hybridized carbons (Fsp3) is 0.435. The Labute approximate surface area is 185 Å². The number of benzene rings is 2. The highest BCUT2D eigenvalue weighted by Gasteiger charge is 2.21. The number of guanidine groups is 1. The van der Waals surface area contributed by atoms with Crippen molar-refractivity contribution in [3.05, 3.63) is 59.7 Å². The van der Waals surface area contributed by atoms with Crippen molar-refractivity contribution in [3.63, 3.8) is 0 Å². The van der Waals surface area contributed by atoms with Gasteiger partial charge in [0, 0.05) is 39.0 Å². The molecule has 7 nitrogen and oxygen atoms in total. The molecule has 0 amide bonds. The molecule has 8 heteroatoms. The van der Waals surface area contributed by atoms with Gasteiger partial charge in [-0.3, -0.25) is 0 Å². The lowest BCUT2D eigenvalue weighted by molar-refractivity contribution is 0.367. The molecule has 2 aromatic carbocycles. The van der Waals surface area contributed by atoms with Crippen LogP contribution >= 0.6 is 0 Å². The number of nitrogens with zero attached hydrogens (tertiary/aromatic N) is 3. The second kappa shape index (κ2) is 10.5. The number of rotatable bonds is 7. The van der Waals surface area contributed by atoms with Crippen molar-refractivity contribution in [2.24, 2.45) is 4.99 Å². The first-order valence-electron chi connectivity index (χ1n) is 10.6. The first-order valence-corrected chi connectivity index (χ1v) is 12.6. The molecular formula is C23H32N4O3S. The van der Waals surface area contributed by atoms with Gasteiger partial charge in [0.05, 0.1) is 25.1 Å². The molecule has 31 heavy (non-hydrogen) atoms. The Morgan fingerprint density at radius 2 is 1.68 bits per heavy atom. The van der Waals surface area contributed by atoms with Gasteiger partial charge in [0.15, 0.2) is 15.8 Å². The molecule has 0 atom stereocenters. The van der Waals surface area contributed by atoms with Crippen molar-refractivity contribution in [2.75, 3.05) is 51.0 Å². The van der Waals surface area contributed by atoms with E-state index in [0.717, 1.165) is 61.2 Å². The SMILES string of the molecule is CCNC(=NCc1ccc(CS(C)(=O)=O)cc1)N1CCN(c2ccccc2OC)CC1. The van der Waals surface area contributed by atoms with Crippen molar-refractivity contribution in [1.29, 1.82) is 0 Å². The van der Waals surface area contributed by atoms with E-state index in [-0.39, 0.29) is 5.75 Å². The molecule has 1 fully saturated rings. The molecule has 1 aliphatic rings. The Bertz CT molecular complexity index is 982. The van der Waals surface area contributed by atoms with E-state index in [4.69, 9.17) is 9.73 Å². The average molecular weight is 445 g/mol. The lowest BCUT2D eigenvalue weighted by Gasteiger charge is -2.38. The molecule has 3 rings (SSSR count). The molecule has 1 heterocycles. The van der Waals surface area contributed by atoms with Crippen LogP contribution in [0.5, 0.6) is 5.75 Å². The molecule has 0 bridgehead atoms. The largest absolute Gasteiger partial charge is 0.495 e. The highest BCUT2D eigenvalue weighted by Crippen LogP contribution is 2.28. The number of anilines is 1. The summed E-state index contributed by atoms with van der Waals surface area (Å²) >= 11 is 0. The van der Waals surface area contributed by atoms with E-state index in [9.17, 15) is 8.42 Å². The van der Waals surface area contributed by atoms with Gasteiger partial charge in [0.2, 0.25) is 0 Å². The predicted molar refractivity (Wildman–Crippen MR) is 127 cm³/mol. The van der Waals surface area contributed by atoms with Crippen LogP contribution < -0.4 is 15.0 Å². The summed E-state index contributed by atoms with van der Waals surface area (Å²) in [6, 6.07) is 15.8. The predicted octanol–water partition coefficient (Wildman–Crippen LogP) is 2.53. The lowest BCUT2D eigenvalue weighted by atomic mass is 10.1. The molecule has 1 N–H and O–H groups in total. The quantitative estimate of drug-likeness (QED) is 0.523. The van der Waals surface area contributed by atoms with Gasteiger partial charge in [-0.2, -0.15) is 0 Å². The summed E-state index contributed by atoms with van der Waals surface area (Å²) in [6.07, 6.45) is 1.25. The summed E-state index contributed by atoms with van der Waals surface area (Å²) in [4.78, 5) is 9.44. The minimum Gasteiger partial charge on any atom is -0.495 e. The Morgan fingerprint density at radius 3 is 2.29 bits per heavy atom. The molecule has 168 valence electrons. The van der Waals surface area contributed by atoms with Gasteiger partial charge in [-0.1, -0.05) is 36.4 Å². The maximum absolute atomic E-state index is 11.5. The van der Waals surface area contributed by atoms with Gasteiger partial charge in [0.25, 0.3) is 0 Å². The second-order valence-electron chi connectivity index (χ2n) is 7.70. The number of methoxy groups -OCH3 is 1. The third kappa shape index (κ3) is 6.62. The Kier molecular flexibility index (Phi) is 7.79. The zero-order chi connectivity index (χ0) is 22.3. The third-order valence-electron chi connectivity index (χ3n) is 5.20. The molecular weight excluding hydrogens is 412 g/mol. The summed E-state index contributed by atoms with van der Waals surface area (Å²) < 4.78 is 28.4.